The number of halogens is 2. The highest BCUT2D eigenvalue weighted by Crippen LogP contribution is 2.23. The number of benzene rings is 2. The quantitative estimate of drug-likeness (QED) is 0.573. The Hall–Kier alpha value is -2.50. The molecule has 0 N–H and O–H groups in total. The van der Waals surface area contributed by atoms with E-state index in [1.807, 2.05) is 37.3 Å². The molecule has 7 heteroatoms. The Kier molecular flexibility index (Phi) is 6.27. The highest BCUT2D eigenvalue weighted by molar-refractivity contribution is 6.31. The van der Waals surface area contributed by atoms with Gasteiger partial charge in [-0.05, 0) is 48.4 Å². The van der Waals surface area contributed by atoms with E-state index in [-0.39, 0.29) is 5.91 Å². The minimum Gasteiger partial charge on any atom is -0.489 e. The zero-order valence-corrected chi connectivity index (χ0v) is 17.5. The normalized spacial score (nSPS) is 10.8. The smallest absolute Gasteiger partial charge is 0.253 e. The molecule has 0 saturated carbocycles. The van der Waals surface area contributed by atoms with Gasteiger partial charge in [0, 0.05) is 24.7 Å². The van der Waals surface area contributed by atoms with Gasteiger partial charge >= 0.3 is 0 Å². The zero-order valence-electron chi connectivity index (χ0n) is 15.9. The van der Waals surface area contributed by atoms with Crippen molar-refractivity contribution in [2.24, 2.45) is 7.05 Å². The number of amides is 1. The third-order valence-electron chi connectivity index (χ3n) is 4.45. The van der Waals surface area contributed by atoms with E-state index in [1.54, 1.807) is 42.0 Å². The van der Waals surface area contributed by atoms with Crippen LogP contribution in [0.15, 0.2) is 48.7 Å². The van der Waals surface area contributed by atoms with Crippen LogP contribution in [0.3, 0.4) is 0 Å². The van der Waals surface area contributed by atoms with Crippen molar-refractivity contribution in [3.05, 3.63) is 81.1 Å². The lowest BCUT2D eigenvalue weighted by Gasteiger charge is -2.18. The van der Waals surface area contributed by atoms with Crippen molar-refractivity contribution in [3.63, 3.8) is 0 Å². The van der Waals surface area contributed by atoms with Gasteiger partial charge in [0.1, 0.15) is 12.4 Å². The van der Waals surface area contributed by atoms with Crippen LogP contribution >= 0.6 is 23.2 Å². The van der Waals surface area contributed by atoms with Gasteiger partial charge in [-0.1, -0.05) is 35.3 Å². The fourth-order valence-corrected chi connectivity index (χ4v) is 3.31. The second kappa shape index (κ2) is 8.67. The predicted molar refractivity (Wildman–Crippen MR) is 111 cm³/mol. The predicted octanol–water partition coefficient (Wildman–Crippen LogP) is 4.89. The number of carbonyl (C=O) groups is 1. The molecule has 0 atom stereocenters. The van der Waals surface area contributed by atoms with Crippen LogP contribution in [-0.4, -0.2) is 27.6 Å². The molecule has 0 radical (unpaired) electrons. The van der Waals surface area contributed by atoms with E-state index in [2.05, 4.69) is 5.10 Å². The maximum atomic E-state index is 12.8. The molecule has 1 amide bonds. The number of aryl methyl sites for hydroxylation is 2. The summed E-state index contributed by atoms with van der Waals surface area (Å²) in [5.74, 6) is 0.672. The molecule has 3 aromatic rings. The summed E-state index contributed by atoms with van der Waals surface area (Å²) in [5.41, 5.74) is 3.25. The molecule has 2 aromatic carbocycles. The van der Waals surface area contributed by atoms with E-state index >= 15 is 0 Å². The highest BCUT2D eigenvalue weighted by Gasteiger charge is 2.16. The van der Waals surface area contributed by atoms with Crippen molar-refractivity contribution >= 4 is 29.1 Å². The molecular weight excluding hydrogens is 397 g/mol. The van der Waals surface area contributed by atoms with Gasteiger partial charge in [0.15, 0.2) is 0 Å². The van der Waals surface area contributed by atoms with Crippen molar-refractivity contribution in [2.75, 3.05) is 7.05 Å². The van der Waals surface area contributed by atoms with Gasteiger partial charge in [-0.3, -0.25) is 9.48 Å². The number of nitrogens with zero attached hydrogens (tertiary/aromatic N) is 3. The lowest BCUT2D eigenvalue weighted by Crippen LogP contribution is -2.27. The summed E-state index contributed by atoms with van der Waals surface area (Å²) in [6.07, 6.45) is 1.58. The third-order valence-corrected chi connectivity index (χ3v) is 5.00. The number of hydrogen-bond donors (Lipinski definition) is 0. The van der Waals surface area contributed by atoms with Crippen LogP contribution in [0, 0.1) is 6.92 Å². The largest absolute Gasteiger partial charge is 0.489 e. The summed E-state index contributed by atoms with van der Waals surface area (Å²) >= 11 is 12.1. The zero-order chi connectivity index (χ0) is 20.3. The fourth-order valence-electron chi connectivity index (χ4n) is 2.86. The van der Waals surface area contributed by atoms with Gasteiger partial charge < -0.3 is 9.64 Å². The summed E-state index contributed by atoms with van der Waals surface area (Å²) in [6.45, 7) is 2.68. The number of aromatic nitrogens is 2. The Balaban J connectivity index is 1.69. The molecule has 0 aliphatic heterocycles. The second-order valence-electron chi connectivity index (χ2n) is 6.62. The molecule has 1 heterocycles. The molecule has 0 fully saturated rings. The van der Waals surface area contributed by atoms with Crippen LogP contribution in [0.4, 0.5) is 0 Å². The van der Waals surface area contributed by atoms with Gasteiger partial charge in [-0.25, -0.2) is 0 Å². The van der Waals surface area contributed by atoms with Crippen LogP contribution < -0.4 is 4.74 Å². The summed E-state index contributed by atoms with van der Waals surface area (Å²) < 4.78 is 7.55. The number of hydrogen-bond acceptors (Lipinski definition) is 3. The van der Waals surface area contributed by atoms with Crippen LogP contribution in [0.25, 0.3) is 0 Å². The van der Waals surface area contributed by atoms with E-state index in [9.17, 15) is 4.79 Å². The monoisotopic (exact) mass is 417 g/mol. The van der Waals surface area contributed by atoms with Crippen molar-refractivity contribution in [1.29, 1.82) is 0 Å². The Labute approximate surface area is 174 Å². The second-order valence-corrected chi connectivity index (χ2v) is 7.47. The summed E-state index contributed by atoms with van der Waals surface area (Å²) in [5, 5.41) is 5.32. The van der Waals surface area contributed by atoms with Crippen molar-refractivity contribution in [1.82, 2.24) is 14.7 Å². The molecule has 28 heavy (non-hydrogen) atoms. The molecular formula is C21H21Cl2N3O2. The lowest BCUT2D eigenvalue weighted by molar-refractivity contribution is 0.0782. The van der Waals surface area contributed by atoms with Crippen LogP contribution in [0.5, 0.6) is 5.75 Å². The number of rotatable bonds is 6. The van der Waals surface area contributed by atoms with Gasteiger partial charge in [-0.2, -0.15) is 5.10 Å². The van der Waals surface area contributed by atoms with Gasteiger partial charge in [-0.15, -0.1) is 0 Å². The van der Waals surface area contributed by atoms with Crippen LogP contribution in [-0.2, 0) is 20.2 Å². The minimum atomic E-state index is -0.0956. The highest BCUT2D eigenvalue weighted by atomic mass is 35.5. The summed E-state index contributed by atoms with van der Waals surface area (Å²) in [7, 11) is 3.54. The fraction of sp³-hybridized carbons (Fsp3) is 0.238. The Morgan fingerprint density at radius 3 is 2.68 bits per heavy atom. The third kappa shape index (κ3) is 4.66. The molecule has 5 nitrogen and oxygen atoms in total. The molecule has 0 unspecified atom stereocenters. The van der Waals surface area contributed by atoms with Crippen LogP contribution in [0.2, 0.25) is 10.0 Å². The standard InChI is InChI=1S/C21H21Cl2N3O2/c1-14-9-17(22)7-8-20(14)28-13-15-5-4-6-16(10-15)21(27)25(2)12-19-18(23)11-24-26(19)3/h4-11H,12-13H2,1-3H3. The van der Waals surface area contributed by atoms with E-state index in [0.717, 1.165) is 22.6 Å². The van der Waals surface area contributed by atoms with E-state index in [1.165, 1.54) is 0 Å². The average molecular weight is 418 g/mol. The van der Waals surface area contributed by atoms with Gasteiger partial charge in [0.25, 0.3) is 5.91 Å². The lowest BCUT2D eigenvalue weighted by atomic mass is 10.1. The Morgan fingerprint density at radius 2 is 2.00 bits per heavy atom. The molecule has 0 aliphatic rings. The first kappa shape index (κ1) is 20.2. The first-order chi connectivity index (χ1) is 13.3. The average Bonchev–Trinajstić information content (AvgIpc) is 2.99. The molecule has 0 saturated heterocycles. The van der Waals surface area contributed by atoms with E-state index in [4.69, 9.17) is 27.9 Å². The SMILES string of the molecule is Cc1cc(Cl)ccc1OCc1cccc(C(=O)N(C)Cc2c(Cl)cnn2C)c1. The summed E-state index contributed by atoms with van der Waals surface area (Å²) in [6, 6.07) is 12.9. The van der Waals surface area contributed by atoms with Gasteiger partial charge in [0.05, 0.1) is 23.5 Å². The molecule has 0 spiro atoms. The van der Waals surface area contributed by atoms with E-state index < -0.39 is 0 Å². The number of carbonyl (C=O) groups excluding carboxylic acids is 1. The Bertz CT molecular complexity index is 982. The van der Waals surface area contributed by atoms with Crippen molar-refractivity contribution < 1.29 is 9.53 Å². The minimum absolute atomic E-state index is 0.0956. The topological polar surface area (TPSA) is 47.4 Å². The first-order valence-electron chi connectivity index (χ1n) is 8.75. The molecule has 1 aromatic heterocycles. The molecule has 0 bridgehead atoms. The first-order valence-corrected chi connectivity index (χ1v) is 9.50. The van der Waals surface area contributed by atoms with Crippen molar-refractivity contribution in [3.8, 4) is 5.75 Å². The van der Waals surface area contributed by atoms with E-state index in [0.29, 0.717) is 28.8 Å². The number of ether oxygens (including phenoxy) is 1. The molecule has 0 aliphatic carbocycles. The Morgan fingerprint density at radius 1 is 1.21 bits per heavy atom. The molecule has 3 rings (SSSR count). The molecule has 146 valence electrons. The van der Waals surface area contributed by atoms with Gasteiger partial charge in [0.2, 0.25) is 0 Å². The van der Waals surface area contributed by atoms with Crippen LogP contribution in [0.1, 0.15) is 27.2 Å². The maximum absolute atomic E-state index is 12.8. The maximum Gasteiger partial charge on any atom is 0.253 e. The van der Waals surface area contributed by atoms with Crippen molar-refractivity contribution in [2.45, 2.75) is 20.1 Å². The summed E-state index contributed by atoms with van der Waals surface area (Å²) in [4.78, 5) is 14.4.